The van der Waals surface area contributed by atoms with Crippen molar-refractivity contribution < 1.29 is 0 Å². The van der Waals surface area contributed by atoms with Crippen molar-refractivity contribution in [2.45, 2.75) is 6.92 Å². The van der Waals surface area contributed by atoms with E-state index in [4.69, 9.17) is 5.73 Å². The van der Waals surface area contributed by atoms with Crippen LogP contribution < -0.4 is 5.73 Å². The minimum Gasteiger partial charge on any atom is -0.397 e. The number of hydrogen-bond donors (Lipinski definition) is 1. The summed E-state index contributed by atoms with van der Waals surface area (Å²) in [6.07, 6.45) is 3.49. The molecule has 3 rings (SSSR count). The minimum absolute atomic E-state index is 0.719. The van der Waals surface area contributed by atoms with Crippen LogP contribution in [-0.2, 0) is 7.05 Å². The van der Waals surface area contributed by atoms with Crippen molar-refractivity contribution in [1.29, 1.82) is 0 Å². The van der Waals surface area contributed by atoms with E-state index in [0.717, 1.165) is 11.3 Å². The highest BCUT2D eigenvalue weighted by Gasteiger charge is 2.14. The molecule has 1 aromatic carbocycles. The Labute approximate surface area is 106 Å². The van der Waals surface area contributed by atoms with Gasteiger partial charge in [0, 0.05) is 41.0 Å². The number of nitrogen functional groups attached to an aromatic ring is 1. The highest BCUT2D eigenvalue weighted by molar-refractivity contribution is 6.00. The molecule has 0 amide bonds. The van der Waals surface area contributed by atoms with Crippen LogP contribution in [0.4, 0.5) is 5.69 Å². The average Bonchev–Trinajstić information content (AvgIpc) is 2.64. The maximum absolute atomic E-state index is 6.05. The highest BCUT2D eigenvalue weighted by atomic mass is 14.9. The van der Waals surface area contributed by atoms with Crippen LogP contribution in [0.1, 0.15) is 5.69 Å². The predicted octanol–water partition coefficient (Wildman–Crippen LogP) is 3.13. The third-order valence-corrected chi connectivity index (χ3v) is 3.52. The Bertz CT molecular complexity index is 726. The lowest BCUT2D eigenvalue weighted by molar-refractivity contribution is 0.919. The topological polar surface area (TPSA) is 43.8 Å². The molecule has 3 nitrogen and oxygen atoms in total. The molecule has 0 unspecified atom stereocenters. The fraction of sp³-hybridized carbons (Fsp3) is 0.133. The fourth-order valence-electron chi connectivity index (χ4n) is 2.50. The summed E-state index contributed by atoms with van der Waals surface area (Å²) in [5.74, 6) is 0. The fourth-order valence-corrected chi connectivity index (χ4v) is 2.50. The molecule has 0 aliphatic heterocycles. The van der Waals surface area contributed by atoms with Crippen molar-refractivity contribution in [1.82, 2.24) is 9.55 Å². The highest BCUT2D eigenvalue weighted by Crippen LogP contribution is 2.36. The van der Waals surface area contributed by atoms with Crippen molar-refractivity contribution in [3.05, 3.63) is 48.4 Å². The van der Waals surface area contributed by atoms with E-state index >= 15 is 0 Å². The van der Waals surface area contributed by atoms with Crippen LogP contribution in [0, 0.1) is 6.92 Å². The number of rotatable bonds is 1. The number of aromatic nitrogens is 2. The number of anilines is 1. The van der Waals surface area contributed by atoms with Crippen molar-refractivity contribution in [2.75, 3.05) is 5.73 Å². The third kappa shape index (κ3) is 1.40. The molecule has 0 radical (unpaired) electrons. The Morgan fingerprint density at radius 1 is 1.17 bits per heavy atom. The molecule has 0 fully saturated rings. The first-order chi connectivity index (χ1) is 8.70. The van der Waals surface area contributed by atoms with Gasteiger partial charge in [-0.15, -0.1) is 0 Å². The Balaban J connectivity index is 2.43. The van der Waals surface area contributed by atoms with Crippen LogP contribution in [0.2, 0.25) is 0 Å². The Hall–Kier alpha value is -2.29. The van der Waals surface area contributed by atoms with Gasteiger partial charge >= 0.3 is 0 Å². The van der Waals surface area contributed by atoms with Gasteiger partial charge in [-0.25, -0.2) is 0 Å². The van der Waals surface area contributed by atoms with Crippen LogP contribution >= 0.6 is 0 Å². The number of hydrogen-bond acceptors (Lipinski definition) is 2. The largest absolute Gasteiger partial charge is 0.397 e. The summed E-state index contributed by atoms with van der Waals surface area (Å²) in [5.41, 5.74) is 11.5. The molecular formula is C15H15N3. The van der Waals surface area contributed by atoms with Crippen molar-refractivity contribution >= 4 is 16.6 Å². The zero-order valence-electron chi connectivity index (χ0n) is 10.5. The number of nitrogens with two attached hydrogens (primary N) is 1. The van der Waals surface area contributed by atoms with E-state index in [2.05, 4.69) is 47.8 Å². The van der Waals surface area contributed by atoms with E-state index in [9.17, 15) is 0 Å². The molecule has 0 aliphatic rings. The number of aryl methyl sites for hydroxylation is 1. The van der Waals surface area contributed by atoms with Crippen LogP contribution in [0.3, 0.4) is 0 Å². The standard InChI is InChI=1S/C15H15N3/c1-10-15(11-7-8-17-9-13(11)16)12-5-3-4-6-14(12)18(10)2/h3-9H,16H2,1-2H3. The predicted molar refractivity (Wildman–Crippen MR) is 75.3 cm³/mol. The van der Waals surface area contributed by atoms with Gasteiger partial charge in [-0.05, 0) is 19.1 Å². The smallest absolute Gasteiger partial charge is 0.0581 e. The minimum atomic E-state index is 0.719. The first-order valence-corrected chi connectivity index (χ1v) is 5.94. The lowest BCUT2D eigenvalue weighted by atomic mass is 10.0. The van der Waals surface area contributed by atoms with Gasteiger partial charge in [0.1, 0.15) is 0 Å². The summed E-state index contributed by atoms with van der Waals surface area (Å²) < 4.78 is 2.20. The molecule has 2 heterocycles. The molecule has 0 bridgehead atoms. The first kappa shape index (κ1) is 10.8. The van der Waals surface area contributed by atoms with Gasteiger partial charge in [-0.3, -0.25) is 4.98 Å². The normalized spacial score (nSPS) is 11.0. The number of fused-ring (bicyclic) bond motifs is 1. The summed E-state index contributed by atoms with van der Waals surface area (Å²) in [6.45, 7) is 2.12. The van der Waals surface area contributed by atoms with Crippen LogP contribution in [0.15, 0.2) is 42.7 Å². The Morgan fingerprint density at radius 3 is 2.72 bits per heavy atom. The molecule has 90 valence electrons. The quantitative estimate of drug-likeness (QED) is 0.706. The molecular weight excluding hydrogens is 222 g/mol. The second-order valence-electron chi connectivity index (χ2n) is 4.50. The van der Waals surface area contributed by atoms with E-state index < -0.39 is 0 Å². The van der Waals surface area contributed by atoms with Crippen LogP contribution in [0.25, 0.3) is 22.0 Å². The molecule has 18 heavy (non-hydrogen) atoms. The lowest BCUT2D eigenvalue weighted by Gasteiger charge is -2.05. The van der Waals surface area contributed by atoms with Crippen molar-refractivity contribution in [2.24, 2.45) is 7.05 Å². The summed E-state index contributed by atoms with van der Waals surface area (Å²) in [5, 5.41) is 1.23. The van der Waals surface area contributed by atoms with Crippen LogP contribution in [-0.4, -0.2) is 9.55 Å². The van der Waals surface area contributed by atoms with E-state index in [1.54, 1.807) is 12.4 Å². The average molecular weight is 237 g/mol. The summed E-state index contributed by atoms with van der Waals surface area (Å²) in [4.78, 5) is 4.06. The zero-order chi connectivity index (χ0) is 12.7. The second kappa shape index (κ2) is 3.88. The Morgan fingerprint density at radius 2 is 1.94 bits per heavy atom. The first-order valence-electron chi connectivity index (χ1n) is 5.94. The van der Waals surface area contributed by atoms with E-state index in [1.807, 2.05) is 6.07 Å². The molecule has 2 aromatic heterocycles. The van der Waals surface area contributed by atoms with E-state index in [-0.39, 0.29) is 0 Å². The van der Waals surface area contributed by atoms with Gasteiger partial charge < -0.3 is 10.3 Å². The molecule has 3 heteroatoms. The second-order valence-corrected chi connectivity index (χ2v) is 4.50. The van der Waals surface area contributed by atoms with Crippen molar-refractivity contribution in [3.63, 3.8) is 0 Å². The monoisotopic (exact) mass is 237 g/mol. The molecule has 0 spiro atoms. The van der Waals surface area contributed by atoms with Gasteiger partial charge in [0.25, 0.3) is 0 Å². The lowest BCUT2D eigenvalue weighted by Crippen LogP contribution is -1.93. The maximum Gasteiger partial charge on any atom is 0.0581 e. The zero-order valence-corrected chi connectivity index (χ0v) is 10.5. The molecule has 0 saturated carbocycles. The van der Waals surface area contributed by atoms with Gasteiger partial charge in [-0.1, -0.05) is 18.2 Å². The Kier molecular flexibility index (Phi) is 2.33. The number of para-hydroxylation sites is 1. The summed E-state index contributed by atoms with van der Waals surface area (Å²) in [7, 11) is 2.08. The summed E-state index contributed by atoms with van der Waals surface area (Å²) in [6, 6.07) is 10.4. The molecule has 0 aliphatic carbocycles. The van der Waals surface area contributed by atoms with Gasteiger partial charge in [-0.2, -0.15) is 0 Å². The van der Waals surface area contributed by atoms with Gasteiger partial charge in [0.2, 0.25) is 0 Å². The third-order valence-electron chi connectivity index (χ3n) is 3.52. The van der Waals surface area contributed by atoms with Crippen LogP contribution in [0.5, 0.6) is 0 Å². The number of nitrogens with zero attached hydrogens (tertiary/aromatic N) is 2. The van der Waals surface area contributed by atoms with E-state index in [1.165, 1.54) is 22.2 Å². The van der Waals surface area contributed by atoms with Gasteiger partial charge in [0.05, 0.1) is 11.9 Å². The molecule has 2 N–H and O–H groups in total. The van der Waals surface area contributed by atoms with Gasteiger partial charge in [0.15, 0.2) is 0 Å². The summed E-state index contributed by atoms with van der Waals surface area (Å²) >= 11 is 0. The number of pyridine rings is 1. The maximum atomic E-state index is 6.05. The van der Waals surface area contributed by atoms with E-state index in [0.29, 0.717) is 0 Å². The molecule has 3 aromatic rings. The molecule has 0 atom stereocenters. The number of benzene rings is 1. The molecule has 0 saturated heterocycles. The SMILES string of the molecule is Cc1c(-c2ccncc2N)c2ccccc2n1C. The van der Waals surface area contributed by atoms with Crippen molar-refractivity contribution in [3.8, 4) is 11.1 Å².